The topological polar surface area (TPSA) is 98.2 Å². The number of hydrazone groups is 1. The van der Waals surface area contributed by atoms with Crippen molar-refractivity contribution in [2.45, 2.75) is 39.0 Å². The molecule has 2 N–H and O–H groups in total. The molecular formula is C34H31Cl4N3O5. The zero-order chi connectivity index (χ0) is 33.1. The Labute approximate surface area is 287 Å². The first kappa shape index (κ1) is 34.9. The van der Waals surface area contributed by atoms with Gasteiger partial charge in [0.1, 0.15) is 18.4 Å². The molecule has 0 saturated heterocycles. The van der Waals surface area contributed by atoms with Crippen molar-refractivity contribution >= 4 is 64.4 Å². The number of halogens is 4. The molecule has 8 nitrogen and oxygen atoms in total. The van der Waals surface area contributed by atoms with Crippen LogP contribution in [0.5, 0.6) is 17.2 Å². The van der Waals surface area contributed by atoms with Gasteiger partial charge in [-0.15, -0.1) is 0 Å². The van der Waals surface area contributed by atoms with E-state index in [0.29, 0.717) is 44.5 Å². The number of nitrogens with zero attached hydrogens (tertiary/aromatic N) is 1. The van der Waals surface area contributed by atoms with E-state index >= 15 is 0 Å². The lowest BCUT2D eigenvalue weighted by Crippen LogP contribution is -2.50. The summed E-state index contributed by atoms with van der Waals surface area (Å²) in [6.45, 7) is 4.04. The maximum absolute atomic E-state index is 13.3. The predicted octanol–water partition coefficient (Wildman–Crippen LogP) is 7.92. The van der Waals surface area contributed by atoms with Crippen molar-refractivity contribution in [1.82, 2.24) is 10.7 Å². The number of carbonyl (C=O) groups excluding carboxylic acids is 2. The molecule has 0 aliphatic rings. The van der Waals surface area contributed by atoms with Gasteiger partial charge in [0.25, 0.3) is 11.8 Å². The van der Waals surface area contributed by atoms with Crippen LogP contribution < -0.4 is 25.0 Å². The molecular weight excluding hydrogens is 672 g/mol. The number of hydrogen-bond acceptors (Lipinski definition) is 6. The number of benzene rings is 4. The van der Waals surface area contributed by atoms with Gasteiger partial charge in [0.05, 0.1) is 17.8 Å². The maximum atomic E-state index is 13.3. The van der Waals surface area contributed by atoms with Gasteiger partial charge in [-0.25, -0.2) is 5.43 Å². The van der Waals surface area contributed by atoms with Crippen LogP contribution in [0.2, 0.25) is 20.1 Å². The van der Waals surface area contributed by atoms with Crippen LogP contribution in [0.15, 0.2) is 90.0 Å². The third kappa shape index (κ3) is 10.3. The Morgan fingerprint density at radius 2 is 1.50 bits per heavy atom. The predicted molar refractivity (Wildman–Crippen MR) is 183 cm³/mol. The average Bonchev–Trinajstić information content (AvgIpc) is 3.03. The SMILES string of the molecule is CCOc1cc(/C=N\NC(=O)[C@H](Cc2ccccc2)NC(=O)[C@@H](C)Oc2ccc(Cl)cc2Cl)ccc1OCc1ccc(Cl)cc1Cl. The van der Waals surface area contributed by atoms with E-state index in [4.69, 9.17) is 60.6 Å². The smallest absolute Gasteiger partial charge is 0.262 e. The van der Waals surface area contributed by atoms with E-state index in [1.54, 1.807) is 55.5 Å². The van der Waals surface area contributed by atoms with Gasteiger partial charge < -0.3 is 19.5 Å². The molecule has 4 rings (SSSR count). The summed E-state index contributed by atoms with van der Waals surface area (Å²) in [7, 11) is 0. The zero-order valence-corrected chi connectivity index (χ0v) is 28.0. The Bertz CT molecular complexity index is 1690. The second-order valence-corrected chi connectivity index (χ2v) is 11.7. The van der Waals surface area contributed by atoms with Crippen LogP contribution in [-0.2, 0) is 22.6 Å². The van der Waals surface area contributed by atoms with Gasteiger partial charge in [0.2, 0.25) is 0 Å². The molecule has 0 spiro atoms. The molecule has 2 amide bonds. The molecule has 0 radical (unpaired) electrons. The Morgan fingerprint density at radius 3 is 2.20 bits per heavy atom. The molecule has 0 heterocycles. The monoisotopic (exact) mass is 701 g/mol. The number of ether oxygens (including phenoxy) is 3. The molecule has 0 aromatic heterocycles. The van der Waals surface area contributed by atoms with Crippen LogP contribution in [0.25, 0.3) is 0 Å². The van der Waals surface area contributed by atoms with Crippen LogP contribution in [0, 0.1) is 0 Å². The van der Waals surface area contributed by atoms with E-state index in [9.17, 15) is 9.59 Å². The van der Waals surface area contributed by atoms with Crippen molar-refractivity contribution in [3.05, 3.63) is 122 Å². The lowest BCUT2D eigenvalue weighted by Gasteiger charge is -2.21. The van der Waals surface area contributed by atoms with E-state index in [1.165, 1.54) is 12.3 Å². The fourth-order valence-corrected chi connectivity index (χ4v) is 5.11. The third-order valence-electron chi connectivity index (χ3n) is 6.54. The van der Waals surface area contributed by atoms with E-state index in [2.05, 4.69) is 15.8 Å². The van der Waals surface area contributed by atoms with Crippen molar-refractivity contribution in [3.63, 3.8) is 0 Å². The van der Waals surface area contributed by atoms with E-state index in [0.717, 1.165) is 11.1 Å². The van der Waals surface area contributed by atoms with Gasteiger partial charge in [0.15, 0.2) is 17.6 Å². The fraction of sp³-hybridized carbons (Fsp3) is 0.206. The summed E-state index contributed by atoms with van der Waals surface area (Å²) >= 11 is 24.4. The van der Waals surface area contributed by atoms with Crippen LogP contribution >= 0.6 is 46.4 Å². The number of rotatable bonds is 14. The van der Waals surface area contributed by atoms with Crippen molar-refractivity contribution in [2.24, 2.45) is 5.10 Å². The fourth-order valence-electron chi connectivity index (χ4n) is 4.20. The van der Waals surface area contributed by atoms with Gasteiger partial charge in [0, 0.05) is 27.1 Å². The molecule has 0 unspecified atom stereocenters. The lowest BCUT2D eigenvalue weighted by atomic mass is 10.1. The van der Waals surface area contributed by atoms with Gasteiger partial charge >= 0.3 is 0 Å². The quantitative estimate of drug-likeness (QED) is 0.103. The summed E-state index contributed by atoms with van der Waals surface area (Å²) < 4.78 is 17.5. The van der Waals surface area contributed by atoms with Crippen LogP contribution in [0.3, 0.4) is 0 Å². The van der Waals surface area contributed by atoms with E-state index in [1.807, 2.05) is 37.3 Å². The van der Waals surface area contributed by atoms with Crippen molar-refractivity contribution in [1.29, 1.82) is 0 Å². The molecule has 0 aliphatic heterocycles. The molecule has 2 atom stereocenters. The molecule has 4 aromatic rings. The third-order valence-corrected chi connectivity index (χ3v) is 7.65. The molecule has 0 aliphatic carbocycles. The van der Waals surface area contributed by atoms with Gasteiger partial charge in [-0.1, -0.05) is 82.8 Å². The Morgan fingerprint density at radius 1 is 0.804 bits per heavy atom. The Kier molecular flexibility index (Phi) is 13.0. The Hall–Kier alpha value is -3.95. The molecule has 240 valence electrons. The normalized spacial score (nSPS) is 12.3. The molecule has 0 bridgehead atoms. The summed E-state index contributed by atoms with van der Waals surface area (Å²) in [6, 6.07) is 23.5. The highest BCUT2D eigenvalue weighted by atomic mass is 35.5. The van der Waals surface area contributed by atoms with Crippen molar-refractivity contribution < 1.29 is 23.8 Å². The minimum atomic E-state index is -0.957. The highest BCUT2D eigenvalue weighted by molar-refractivity contribution is 6.35. The molecule has 12 heteroatoms. The highest BCUT2D eigenvalue weighted by Gasteiger charge is 2.25. The minimum absolute atomic E-state index is 0.213. The molecule has 0 saturated carbocycles. The second-order valence-electron chi connectivity index (χ2n) is 9.98. The summed E-state index contributed by atoms with van der Waals surface area (Å²) in [5.41, 5.74) is 4.79. The number of carbonyl (C=O) groups is 2. The summed E-state index contributed by atoms with van der Waals surface area (Å²) in [6.07, 6.45) is 0.734. The van der Waals surface area contributed by atoms with Crippen LogP contribution in [0.1, 0.15) is 30.5 Å². The first-order valence-corrected chi connectivity index (χ1v) is 15.8. The number of nitrogens with one attached hydrogen (secondary N) is 2. The largest absolute Gasteiger partial charge is 0.490 e. The standard InChI is InChI=1S/C34H31Cl4N3O5/c1-3-44-32-16-23(9-13-31(32)45-20-24-10-11-25(35)17-27(24)37)19-39-41-34(43)29(15-22-7-5-4-6-8-22)40-33(42)21(2)46-30-14-12-26(36)18-28(30)38/h4-14,16-19,21,29H,3,15,20H2,1-2H3,(H,40,42)(H,41,43)/b39-19-/t21-,29+/m1/s1. The summed E-state index contributed by atoms with van der Waals surface area (Å²) in [5.74, 6) is 0.264. The average molecular weight is 703 g/mol. The van der Waals surface area contributed by atoms with Gasteiger partial charge in [-0.3, -0.25) is 9.59 Å². The number of hydrogen-bond donors (Lipinski definition) is 2. The van der Waals surface area contributed by atoms with Crippen molar-refractivity contribution in [2.75, 3.05) is 6.61 Å². The number of amides is 2. The van der Waals surface area contributed by atoms with E-state index in [-0.39, 0.29) is 18.1 Å². The summed E-state index contributed by atoms with van der Waals surface area (Å²) in [5, 5.41) is 8.62. The van der Waals surface area contributed by atoms with Gasteiger partial charge in [-0.05, 0) is 73.5 Å². The van der Waals surface area contributed by atoms with Crippen LogP contribution in [-0.4, -0.2) is 36.8 Å². The van der Waals surface area contributed by atoms with Crippen molar-refractivity contribution in [3.8, 4) is 17.2 Å². The molecule has 46 heavy (non-hydrogen) atoms. The minimum Gasteiger partial charge on any atom is -0.490 e. The molecule has 0 fully saturated rings. The van der Waals surface area contributed by atoms with E-state index < -0.39 is 24.0 Å². The first-order valence-electron chi connectivity index (χ1n) is 14.3. The van der Waals surface area contributed by atoms with Crippen LogP contribution in [0.4, 0.5) is 0 Å². The van der Waals surface area contributed by atoms with Gasteiger partial charge in [-0.2, -0.15) is 5.10 Å². The zero-order valence-electron chi connectivity index (χ0n) is 24.9. The first-order chi connectivity index (χ1) is 22.1. The highest BCUT2D eigenvalue weighted by Crippen LogP contribution is 2.31. The Balaban J connectivity index is 1.42. The second kappa shape index (κ2) is 17.1. The lowest BCUT2D eigenvalue weighted by molar-refractivity contribution is -0.132. The molecule has 4 aromatic carbocycles. The maximum Gasteiger partial charge on any atom is 0.262 e. The summed E-state index contributed by atoms with van der Waals surface area (Å²) in [4.78, 5) is 26.3.